The second kappa shape index (κ2) is 11.6. The van der Waals surface area contributed by atoms with Gasteiger partial charge in [0.05, 0.1) is 20.3 Å². The van der Waals surface area contributed by atoms with E-state index < -0.39 is 0 Å². The molecule has 0 saturated heterocycles. The largest absolute Gasteiger partial charge is 0.497 e. The fourth-order valence-corrected chi connectivity index (χ4v) is 2.88. The molecule has 1 aliphatic heterocycles. The van der Waals surface area contributed by atoms with Crippen LogP contribution < -0.4 is 24.8 Å². The van der Waals surface area contributed by atoms with Gasteiger partial charge in [-0.2, -0.15) is 0 Å². The number of benzene rings is 2. The third kappa shape index (κ3) is 6.47. The average Bonchev–Trinajstić information content (AvgIpc) is 2.95. The van der Waals surface area contributed by atoms with Crippen LogP contribution in [-0.2, 0) is 6.42 Å². The minimum atomic E-state index is 0. The van der Waals surface area contributed by atoms with E-state index in [4.69, 9.17) is 14.2 Å². The molecule has 2 aromatic carbocycles. The molecule has 152 valence electrons. The molecule has 0 spiro atoms. The summed E-state index contributed by atoms with van der Waals surface area (Å²) in [6.45, 7) is 2.19. The smallest absolute Gasteiger partial charge is 0.195 e. The van der Waals surface area contributed by atoms with Gasteiger partial charge in [0, 0.05) is 31.8 Å². The van der Waals surface area contributed by atoms with Crippen molar-refractivity contribution >= 4 is 35.6 Å². The Balaban J connectivity index is 0.00000280. The van der Waals surface area contributed by atoms with Gasteiger partial charge in [-0.3, -0.25) is 4.99 Å². The van der Waals surface area contributed by atoms with Crippen LogP contribution >= 0.6 is 24.0 Å². The molecule has 0 radical (unpaired) electrons. The molecule has 2 N–H and O–H groups in total. The van der Waals surface area contributed by atoms with Crippen molar-refractivity contribution in [2.45, 2.75) is 19.3 Å². The maximum atomic E-state index is 5.74. The quantitative estimate of drug-likeness (QED) is 0.273. The van der Waals surface area contributed by atoms with Crippen LogP contribution in [0.25, 0.3) is 0 Å². The number of aryl methyl sites for hydroxylation is 1. The summed E-state index contributed by atoms with van der Waals surface area (Å²) in [5.74, 6) is 3.19. The van der Waals surface area contributed by atoms with E-state index in [-0.39, 0.29) is 24.0 Å². The Kier molecular flexibility index (Phi) is 9.19. The van der Waals surface area contributed by atoms with Gasteiger partial charge < -0.3 is 24.8 Å². The Labute approximate surface area is 183 Å². The van der Waals surface area contributed by atoms with Gasteiger partial charge in [0.15, 0.2) is 17.5 Å². The number of nitrogens with zero attached hydrogens (tertiary/aromatic N) is 1. The van der Waals surface area contributed by atoms with Gasteiger partial charge in [-0.25, -0.2) is 0 Å². The monoisotopic (exact) mass is 497 g/mol. The first-order chi connectivity index (χ1) is 13.3. The zero-order valence-corrected chi connectivity index (χ0v) is 18.7. The molecule has 3 rings (SSSR count). The van der Waals surface area contributed by atoms with Gasteiger partial charge in [0.25, 0.3) is 0 Å². The molecule has 0 atom stereocenters. The number of anilines is 1. The Hall–Kier alpha value is -2.16. The van der Waals surface area contributed by atoms with Crippen molar-refractivity contribution in [3.63, 3.8) is 0 Å². The Bertz CT molecular complexity index is 783. The standard InChI is InChI=1S/C21H27N3O3.HI/c1-22-21(23-11-4-7-16-6-3-8-18(14-16)25-2)24-17-9-10-19-20(15-17)27-13-5-12-26-19;/h3,6,8-10,14-15H,4-5,7,11-13H2,1-2H3,(H2,22,23,24);1H. The number of hydrogen-bond acceptors (Lipinski definition) is 4. The molecule has 28 heavy (non-hydrogen) atoms. The number of rotatable bonds is 6. The molecule has 1 aliphatic rings. The Morgan fingerprint density at radius 2 is 1.93 bits per heavy atom. The van der Waals surface area contributed by atoms with E-state index >= 15 is 0 Å². The minimum Gasteiger partial charge on any atom is -0.497 e. The maximum Gasteiger partial charge on any atom is 0.195 e. The molecule has 0 fully saturated rings. The summed E-state index contributed by atoms with van der Waals surface area (Å²) in [6, 6.07) is 14.0. The molecule has 0 amide bonds. The Morgan fingerprint density at radius 1 is 1.11 bits per heavy atom. The molecular weight excluding hydrogens is 469 g/mol. The van der Waals surface area contributed by atoms with Gasteiger partial charge >= 0.3 is 0 Å². The molecule has 0 saturated carbocycles. The normalized spacial score (nSPS) is 13.1. The van der Waals surface area contributed by atoms with E-state index in [1.165, 1.54) is 5.56 Å². The van der Waals surface area contributed by atoms with Crippen molar-refractivity contribution in [3.05, 3.63) is 48.0 Å². The van der Waals surface area contributed by atoms with Crippen LogP contribution in [0.1, 0.15) is 18.4 Å². The van der Waals surface area contributed by atoms with Crippen molar-refractivity contribution in [3.8, 4) is 17.2 Å². The second-order valence-electron chi connectivity index (χ2n) is 6.29. The molecular formula is C21H28IN3O3. The molecule has 2 aromatic rings. The average molecular weight is 497 g/mol. The van der Waals surface area contributed by atoms with Crippen molar-refractivity contribution < 1.29 is 14.2 Å². The SMILES string of the molecule is CN=C(NCCCc1cccc(OC)c1)Nc1ccc2c(c1)OCCCO2.I. The summed E-state index contributed by atoms with van der Waals surface area (Å²) in [5, 5.41) is 6.64. The fourth-order valence-electron chi connectivity index (χ4n) is 2.88. The number of guanidine groups is 1. The van der Waals surface area contributed by atoms with Gasteiger partial charge in [-0.05, 0) is 42.7 Å². The highest BCUT2D eigenvalue weighted by Gasteiger charge is 2.11. The summed E-state index contributed by atoms with van der Waals surface area (Å²) < 4.78 is 16.7. The predicted octanol–water partition coefficient (Wildman–Crippen LogP) is 4.09. The van der Waals surface area contributed by atoms with Gasteiger partial charge in [-0.15, -0.1) is 24.0 Å². The van der Waals surface area contributed by atoms with Gasteiger partial charge in [-0.1, -0.05) is 12.1 Å². The molecule has 6 nitrogen and oxygen atoms in total. The highest BCUT2D eigenvalue weighted by molar-refractivity contribution is 14.0. The second-order valence-corrected chi connectivity index (χ2v) is 6.29. The number of fused-ring (bicyclic) bond motifs is 1. The first kappa shape index (κ1) is 22.1. The van der Waals surface area contributed by atoms with Gasteiger partial charge in [0.2, 0.25) is 0 Å². The van der Waals surface area contributed by atoms with E-state index in [0.717, 1.165) is 54.7 Å². The predicted molar refractivity (Wildman–Crippen MR) is 124 cm³/mol. The highest BCUT2D eigenvalue weighted by Crippen LogP contribution is 2.32. The van der Waals surface area contributed by atoms with E-state index in [2.05, 4.69) is 27.8 Å². The molecule has 0 aliphatic carbocycles. The number of ether oxygens (including phenoxy) is 3. The summed E-state index contributed by atoms with van der Waals surface area (Å²) in [7, 11) is 3.45. The van der Waals surface area contributed by atoms with Crippen molar-refractivity contribution in [2.24, 2.45) is 4.99 Å². The first-order valence-electron chi connectivity index (χ1n) is 9.29. The van der Waals surface area contributed by atoms with Crippen LogP contribution in [0.15, 0.2) is 47.5 Å². The van der Waals surface area contributed by atoms with E-state index in [0.29, 0.717) is 13.2 Å². The third-order valence-corrected chi connectivity index (χ3v) is 4.30. The summed E-state index contributed by atoms with van der Waals surface area (Å²) in [5.41, 5.74) is 2.18. The van der Waals surface area contributed by atoms with Crippen molar-refractivity contribution in [1.82, 2.24) is 5.32 Å². The summed E-state index contributed by atoms with van der Waals surface area (Å²) >= 11 is 0. The zero-order valence-electron chi connectivity index (χ0n) is 16.4. The molecule has 1 heterocycles. The van der Waals surface area contributed by atoms with Crippen LogP contribution in [0.5, 0.6) is 17.2 Å². The lowest BCUT2D eigenvalue weighted by Gasteiger charge is -2.14. The van der Waals surface area contributed by atoms with Crippen LogP contribution in [0.2, 0.25) is 0 Å². The number of aliphatic imine (C=N–C) groups is 1. The van der Waals surface area contributed by atoms with Crippen molar-refractivity contribution in [1.29, 1.82) is 0 Å². The van der Waals surface area contributed by atoms with Crippen LogP contribution in [0.3, 0.4) is 0 Å². The third-order valence-electron chi connectivity index (χ3n) is 4.30. The fraction of sp³-hybridized carbons (Fsp3) is 0.381. The molecule has 0 bridgehead atoms. The summed E-state index contributed by atoms with van der Waals surface area (Å²) in [6.07, 6.45) is 2.87. The first-order valence-corrected chi connectivity index (χ1v) is 9.29. The van der Waals surface area contributed by atoms with Crippen LogP contribution in [-0.4, -0.2) is 39.9 Å². The lowest BCUT2D eigenvalue weighted by atomic mass is 10.1. The minimum absolute atomic E-state index is 0. The molecule has 0 aromatic heterocycles. The number of hydrogen-bond donors (Lipinski definition) is 2. The zero-order chi connectivity index (χ0) is 18.9. The molecule has 7 heteroatoms. The molecule has 0 unspecified atom stereocenters. The maximum absolute atomic E-state index is 5.74. The lowest BCUT2D eigenvalue weighted by Crippen LogP contribution is -2.31. The number of nitrogens with one attached hydrogen (secondary N) is 2. The lowest BCUT2D eigenvalue weighted by molar-refractivity contribution is 0.297. The van der Waals surface area contributed by atoms with E-state index in [1.54, 1.807) is 14.2 Å². The van der Waals surface area contributed by atoms with Crippen LogP contribution in [0, 0.1) is 0 Å². The van der Waals surface area contributed by atoms with Crippen molar-refractivity contribution in [2.75, 3.05) is 39.2 Å². The number of halogens is 1. The highest BCUT2D eigenvalue weighted by atomic mass is 127. The van der Waals surface area contributed by atoms with E-state index in [9.17, 15) is 0 Å². The van der Waals surface area contributed by atoms with E-state index in [1.807, 2.05) is 30.3 Å². The van der Waals surface area contributed by atoms with Gasteiger partial charge in [0.1, 0.15) is 5.75 Å². The Morgan fingerprint density at radius 3 is 2.71 bits per heavy atom. The topological polar surface area (TPSA) is 64.1 Å². The summed E-state index contributed by atoms with van der Waals surface area (Å²) in [4.78, 5) is 4.29. The number of methoxy groups -OCH3 is 1. The van der Waals surface area contributed by atoms with Crippen LogP contribution in [0.4, 0.5) is 5.69 Å².